The molecule has 0 aromatic heterocycles. The van der Waals surface area contributed by atoms with Crippen molar-refractivity contribution in [1.82, 2.24) is 4.90 Å². The largest absolute Gasteiger partial charge is 0.392 e. The molecule has 0 aliphatic heterocycles. The molecule has 102 valence electrons. The van der Waals surface area contributed by atoms with Crippen molar-refractivity contribution in [2.75, 3.05) is 19.3 Å². The Morgan fingerprint density at radius 3 is 2.50 bits per heavy atom. The molecule has 0 spiro atoms. The maximum atomic E-state index is 9.87. The molecule has 0 heterocycles. The standard InChI is InChI=1S/C15H25NOS/c1-13(2)18-12-15(17)9-10-16(3)11-14-7-5-4-6-8-14/h4-8,13,15,17H,9-12H2,1-3H3/t15-/m1/s1. The van der Waals surface area contributed by atoms with Gasteiger partial charge in [0, 0.05) is 18.8 Å². The molecule has 0 saturated heterocycles. The van der Waals surface area contributed by atoms with Crippen molar-refractivity contribution in [2.24, 2.45) is 0 Å². The van der Waals surface area contributed by atoms with E-state index < -0.39 is 0 Å². The minimum absolute atomic E-state index is 0.185. The fourth-order valence-electron chi connectivity index (χ4n) is 1.73. The first-order valence-electron chi connectivity index (χ1n) is 6.60. The van der Waals surface area contributed by atoms with Crippen LogP contribution in [0, 0.1) is 0 Å². The van der Waals surface area contributed by atoms with Crippen LogP contribution in [-0.4, -0.2) is 40.7 Å². The number of rotatable bonds is 8. The Morgan fingerprint density at radius 2 is 1.89 bits per heavy atom. The maximum Gasteiger partial charge on any atom is 0.0642 e. The molecule has 0 aliphatic rings. The lowest BCUT2D eigenvalue weighted by Gasteiger charge is -2.19. The van der Waals surface area contributed by atoms with Gasteiger partial charge in [-0.25, -0.2) is 0 Å². The molecule has 18 heavy (non-hydrogen) atoms. The van der Waals surface area contributed by atoms with Crippen LogP contribution in [0.5, 0.6) is 0 Å². The molecule has 1 atom stereocenters. The molecule has 0 amide bonds. The number of aliphatic hydroxyl groups is 1. The lowest BCUT2D eigenvalue weighted by atomic mass is 10.2. The van der Waals surface area contributed by atoms with Crippen molar-refractivity contribution in [3.05, 3.63) is 35.9 Å². The van der Waals surface area contributed by atoms with Gasteiger partial charge in [0.2, 0.25) is 0 Å². The van der Waals surface area contributed by atoms with E-state index in [-0.39, 0.29) is 6.10 Å². The molecule has 1 rings (SSSR count). The van der Waals surface area contributed by atoms with Crippen LogP contribution in [-0.2, 0) is 6.54 Å². The number of hydrogen-bond donors (Lipinski definition) is 1. The third-order valence-electron chi connectivity index (χ3n) is 2.76. The van der Waals surface area contributed by atoms with E-state index in [1.807, 2.05) is 17.8 Å². The van der Waals surface area contributed by atoms with E-state index in [4.69, 9.17) is 0 Å². The molecule has 0 unspecified atom stereocenters. The molecule has 1 N–H and O–H groups in total. The molecular weight excluding hydrogens is 242 g/mol. The molecule has 0 saturated carbocycles. The average molecular weight is 267 g/mol. The van der Waals surface area contributed by atoms with Gasteiger partial charge < -0.3 is 10.0 Å². The highest BCUT2D eigenvalue weighted by atomic mass is 32.2. The number of aliphatic hydroxyl groups excluding tert-OH is 1. The lowest BCUT2D eigenvalue weighted by molar-refractivity contribution is 0.167. The number of thioether (sulfide) groups is 1. The van der Waals surface area contributed by atoms with Gasteiger partial charge in [0.25, 0.3) is 0 Å². The molecule has 1 aromatic carbocycles. The van der Waals surface area contributed by atoms with Crippen LogP contribution >= 0.6 is 11.8 Å². The van der Waals surface area contributed by atoms with Gasteiger partial charge in [0.05, 0.1) is 6.10 Å². The summed E-state index contributed by atoms with van der Waals surface area (Å²) >= 11 is 1.83. The first kappa shape index (κ1) is 15.5. The van der Waals surface area contributed by atoms with Crippen molar-refractivity contribution < 1.29 is 5.11 Å². The highest BCUT2D eigenvalue weighted by Crippen LogP contribution is 2.12. The van der Waals surface area contributed by atoms with Gasteiger partial charge >= 0.3 is 0 Å². The summed E-state index contributed by atoms with van der Waals surface area (Å²) in [4.78, 5) is 2.26. The minimum Gasteiger partial charge on any atom is -0.392 e. The molecular formula is C15H25NOS. The van der Waals surface area contributed by atoms with E-state index in [0.717, 1.165) is 25.3 Å². The number of hydrogen-bond acceptors (Lipinski definition) is 3. The Hall–Kier alpha value is -0.510. The van der Waals surface area contributed by atoms with E-state index >= 15 is 0 Å². The second-order valence-corrected chi connectivity index (χ2v) is 6.66. The molecule has 0 radical (unpaired) electrons. The van der Waals surface area contributed by atoms with Gasteiger partial charge in [0.15, 0.2) is 0 Å². The van der Waals surface area contributed by atoms with Crippen LogP contribution in [0.4, 0.5) is 0 Å². The molecule has 0 aliphatic carbocycles. The van der Waals surface area contributed by atoms with Gasteiger partial charge in [-0.15, -0.1) is 0 Å². The van der Waals surface area contributed by atoms with Gasteiger partial charge in [-0.05, 0) is 24.3 Å². The van der Waals surface area contributed by atoms with E-state index in [0.29, 0.717) is 5.25 Å². The predicted octanol–water partition coefficient (Wildman–Crippen LogP) is 3.01. The first-order chi connectivity index (χ1) is 8.58. The highest BCUT2D eigenvalue weighted by Gasteiger charge is 2.08. The third kappa shape index (κ3) is 7.04. The number of nitrogens with zero attached hydrogens (tertiary/aromatic N) is 1. The zero-order chi connectivity index (χ0) is 13.4. The average Bonchev–Trinajstić information content (AvgIpc) is 2.35. The van der Waals surface area contributed by atoms with Crippen molar-refractivity contribution in [3.8, 4) is 0 Å². The van der Waals surface area contributed by atoms with Crippen LogP contribution in [0.1, 0.15) is 25.8 Å². The summed E-state index contributed by atoms with van der Waals surface area (Å²) in [5, 5.41) is 10.5. The topological polar surface area (TPSA) is 23.5 Å². The summed E-state index contributed by atoms with van der Waals surface area (Å²) in [5.41, 5.74) is 1.33. The van der Waals surface area contributed by atoms with Crippen molar-refractivity contribution in [2.45, 2.75) is 38.2 Å². The summed E-state index contributed by atoms with van der Waals surface area (Å²) in [6.45, 7) is 6.22. The predicted molar refractivity (Wildman–Crippen MR) is 81.0 cm³/mol. The van der Waals surface area contributed by atoms with E-state index in [1.54, 1.807) is 0 Å². The van der Waals surface area contributed by atoms with Gasteiger partial charge in [-0.1, -0.05) is 44.2 Å². The monoisotopic (exact) mass is 267 g/mol. The fraction of sp³-hybridized carbons (Fsp3) is 0.600. The van der Waals surface area contributed by atoms with Crippen LogP contribution in [0.2, 0.25) is 0 Å². The zero-order valence-corrected chi connectivity index (χ0v) is 12.5. The summed E-state index contributed by atoms with van der Waals surface area (Å²) in [5.74, 6) is 0.844. The van der Waals surface area contributed by atoms with Crippen LogP contribution in [0.15, 0.2) is 30.3 Å². The Labute approximate surface area is 115 Å². The van der Waals surface area contributed by atoms with Crippen molar-refractivity contribution in [1.29, 1.82) is 0 Å². The second-order valence-electron chi connectivity index (χ2n) is 5.05. The fourth-order valence-corrected chi connectivity index (χ4v) is 2.50. The Morgan fingerprint density at radius 1 is 1.22 bits per heavy atom. The summed E-state index contributed by atoms with van der Waals surface area (Å²) < 4.78 is 0. The molecule has 2 nitrogen and oxygen atoms in total. The summed E-state index contributed by atoms with van der Waals surface area (Å²) in [6.07, 6.45) is 0.666. The smallest absolute Gasteiger partial charge is 0.0642 e. The van der Waals surface area contributed by atoms with Crippen LogP contribution in [0.3, 0.4) is 0 Å². The van der Waals surface area contributed by atoms with Gasteiger partial charge in [0.1, 0.15) is 0 Å². The maximum absolute atomic E-state index is 9.87. The van der Waals surface area contributed by atoms with Crippen molar-refractivity contribution >= 4 is 11.8 Å². The normalized spacial score (nSPS) is 13.2. The van der Waals surface area contributed by atoms with Crippen molar-refractivity contribution in [3.63, 3.8) is 0 Å². The van der Waals surface area contributed by atoms with E-state index in [2.05, 4.69) is 50.1 Å². The SMILES string of the molecule is CC(C)SC[C@H](O)CCN(C)Cc1ccccc1. The van der Waals surface area contributed by atoms with E-state index in [9.17, 15) is 5.11 Å². The molecule has 1 aromatic rings. The number of benzene rings is 1. The summed E-state index contributed by atoms with van der Waals surface area (Å²) in [6, 6.07) is 10.5. The van der Waals surface area contributed by atoms with Crippen LogP contribution in [0.25, 0.3) is 0 Å². The molecule has 0 bridgehead atoms. The third-order valence-corrected chi connectivity index (χ3v) is 4.01. The van der Waals surface area contributed by atoms with Crippen LogP contribution < -0.4 is 0 Å². The Balaban J connectivity index is 2.18. The first-order valence-corrected chi connectivity index (χ1v) is 7.65. The summed E-state index contributed by atoms with van der Waals surface area (Å²) in [7, 11) is 2.11. The highest BCUT2D eigenvalue weighted by molar-refractivity contribution is 7.99. The Bertz CT molecular complexity index is 316. The quantitative estimate of drug-likeness (QED) is 0.783. The molecule has 0 fully saturated rings. The second kappa shape index (κ2) is 8.57. The van der Waals surface area contributed by atoms with Gasteiger partial charge in [-0.2, -0.15) is 11.8 Å². The lowest BCUT2D eigenvalue weighted by Crippen LogP contribution is -2.24. The molecule has 3 heteroatoms. The Kier molecular flexibility index (Phi) is 7.40. The zero-order valence-electron chi connectivity index (χ0n) is 11.7. The minimum atomic E-state index is -0.185. The van der Waals surface area contributed by atoms with E-state index in [1.165, 1.54) is 5.56 Å². The van der Waals surface area contributed by atoms with Gasteiger partial charge in [-0.3, -0.25) is 0 Å².